The third kappa shape index (κ3) is 3.27. The van der Waals surface area contributed by atoms with Gasteiger partial charge in [-0.15, -0.1) is 0 Å². The van der Waals surface area contributed by atoms with Crippen LogP contribution in [0.2, 0.25) is 0 Å². The smallest absolute Gasteiger partial charge is 0.374 e. The van der Waals surface area contributed by atoms with Crippen LogP contribution in [-0.2, 0) is 11.8 Å². The van der Waals surface area contributed by atoms with Crippen LogP contribution in [0.4, 0.5) is 0 Å². The number of carbonyl (C=O) groups is 1. The molecule has 2 atom stereocenters. The quantitative estimate of drug-likeness (QED) is 0.607. The predicted octanol–water partition coefficient (Wildman–Crippen LogP) is 0.386. The van der Waals surface area contributed by atoms with Gasteiger partial charge in [0.1, 0.15) is 6.10 Å². The minimum absolute atomic E-state index is 0.0904. The Morgan fingerprint density at radius 1 is 1.65 bits per heavy atom. The van der Waals surface area contributed by atoms with Gasteiger partial charge in [0.05, 0.1) is 18.9 Å². The average molecular weight is 307 g/mol. The summed E-state index contributed by atoms with van der Waals surface area (Å²) in [6, 6.07) is 0. The Hall–Kier alpha value is -0.920. The second kappa shape index (κ2) is 6.13. The molecule has 0 saturated carbocycles. The number of esters is 1. The molecule has 17 heavy (non-hydrogen) atoms. The number of aromatic nitrogens is 2. The van der Waals surface area contributed by atoms with E-state index >= 15 is 0 Å². The van der Waals surface area contributed by atoms with E-state index in [-0.39, 0.29) is 11.5 Å². The molecule has 0 radical (unpaired) electrons. The van der Waals surface area contributed by atoms with Gasteiger partial charge in [-0.2, -0.15) is 0 Å². The molecular formula is C10H15BrN2O4. The Balaban J connectivity index is 2.89. The van der Waals surface area contributed by atoms with Crippen molar-refractivity contribution in [1.29, 1.82) is 0 Å². The van der Waals surface area contributed by atoms with E-state index in [1.165, 1.54) is 17.9 Å². The highest BCUT2D eigenvalue weighted by Crippen LogP contribution is 2.19. The predicted molar refractivity (Wildman–Crippen MR) is 63.9 cm³/mol. The number of nitrogens with zero attached hydrogens (tertiary/aromatic N) is 2. The van der Waals surface area contributed by atoms with E-state index in [2.05, 4.69) is 25.7 Å². The Bertz CT molecular complexity index is 394. The highest BCUT2D eigenvalue weighted by molar-refractivity contribution is 9.09. The summed E-state index contributed by atoms with van der Waals surface area (Å²) in [4.78, 5) is 15.3. The fourth-order valence-corrected chi connectivity index (χ4v) is 1.85. The summed E-state index contributed by atoms with van der Waals surface area (Å²) in [5.41, 5.74) is 0.251. The minimum Gasteiger partial charge on any atom is -0.463 e. The van der Waals surface area contributed by atoms with E-state index < -0.39 is 18.2 Å². The van der Waals surface area contributed by atoms with Gasteiger partial charge in [0, 0.05) is 18.6 Å². The third-order valence-corrected chi connectivity index (χ3v) is 2.79. The van der Waals surface area contributed by atoms with Gasteiger partial charge in [-0.25, -0.2) is 9.78 Å². The normalized spacial score (nSPS) is 14.4. The number of rotatable bonds is 5. The van der Waals surface area contributed by atoms with Crippen molar-refractivity contribution in [1.82, 2.24) is 9.55 Å². The standard InChI is InChI=1S/C10H15BrN2O4/c1-13-5-6(8(15)7(14)3-4-11)12-9(13)10(16)17-2/h5,7-8,14-15H,3-4H2,1-2H3. The second-order valence-electron chi connectivity index (χ2n) is 3.58. The van der Waals surface area contributed by atoms with Crippen LogP contribution in [0.3, 0.4) is 0 Å². The van der Waals surface area contributed by atoms with E-state index in [0.717, 1.165) is 0 Å². The van der Waals surface area contributed by atoms with E-state index in [4.69, 9.17) is 0 Å². The zero-order valence-corrected chi connectivity index (χ0v) is 11.2. The van der Waals surface area contributed by atoms with Crippen LogP contribution in [0.15, 0.2) is 6.20 Å². The lowest BCUT2D eigenvalue weighted by atomic mass is 10.1. The van der Waals surface area contributed by atoms with Gasteiger partial charge in [-0.1, -0.05) is 15.9 Å². The molecule has 1 heterocycles. The number of hydrogen-bond acceptors (Lipinski definition) is 5. The lowest BCUT2D eigenvalue weighted by Gasteiger charge is -2.14. The van der Waals surface area contributed by atoms with Crippen molar-refractivity contribution in [2.24, 2.45) is 7.05 Å². The summed E-state index contributed by atoms with van der Waals surface area (Å²) in [5, 5.41) is 20.0. The van der Waals surface area contributed by atoms with E-state index in [0.29, 0.717) is 11.8 Å². The Morgan fingerprint density at radius 3 is 2.82 bits per heavy atom. The molecule has 1 rings (SSSR count). The maximum absolute atomic E-state index is 11.3. The van der Waals surface area contributed by atoms with Crippen LogP contribution < -0.4 is 0 Å². The Labute approximate surface area is 107 Å². The van der Waals surface area contributed by atoms with Gasteiger partial charge >= 0.3 is 5.97 Å². The molecule has 0 saturated heterocycles. The molecule has 0 aliphatic carbocycles. The summed E-state index contributed by atoms with van der Waals surface area (Å²) in [6.45, 7) is 0. The third-order valence-electron chi connectivity index (χ3n) is 2.34. The molecular weight excluding hydrogens is 292 g/mol. The van der Waals surface area contributed by atoms with Crippen molar-refractivity contribution < 1.29 is 19.7 Å². The van der Waals surface area contributed by atoms with Crippen LogP contribution in [-0.4, -0.2) is 44.3 Å². The number of imidazole rings is 1. The highest BCUT2D eigenvalue weighted by atomic mass is 79.9. The summed E-state index contributed by atoms with van der Waals surface area (Å²) in [5.74, 6) is -0.492. The molecule has 96 valence electrons. The fraction of sp³-hybridized carbons (Fsp3) is 0.600. The first kappa shape index (κ1) is 14.1. The van der Waals surface area contributed by atoms with Gasteiger partial charge in [0.15, 0.2) is 0 Å². The van der Waals surface area contributed by atoms with Crippen molar-refractivity contribution >= 4 is 21.9 Å². The topological polar surface area (TPSA) is 84.6 Å². The number of aryl methyl sites for hydroxylation is 1. The maximum atomic E-state index is 11.3. The lowest BCUT2D eigenvalue weighted by Crippen LogP contribution is -2.19. The summed E-state index contributed by atoms with van der Waals surface area (Å²) in [6.07, 6.45) is -0.147. The number of alkyl halides is 1. The maximum Gasteiger partial charge on any atom is 0.374 e. The number of ether oxygens (including phenoxy) is 1. The SMILES string of the molecule is COC(=O)c1nc(C(O)C(O)CCBr)cn1C. The first-order valence-corrected chi connectivity index (χ1v) is 6.17. The molecule has 1 aromatic heterocycles. The summed E-state index contributed by atoms with van der Waals surface area (Å²) in [7, 11) is 2.87. The zero-order chi connectivity index (χ0) is 13.0. The molecule has 0 aromatic carbocycles. The molecule has 2 unspecified atom stereocenters. The van der Waals surface area contributed by atoms with Crippen molar-refractivity contribution in [2.45, 2.75) is 18.6 Å². The molecule has 0 bridgehead atoms. The number of aliphatic hydroxyl groups is 2. The number of carbonyl (C=O) groups excluding carboxylic acids is 1. The van der Waals surface area contributed by atoms with Crippen molar-refractivity contribution in [3.63, 3.8) is 0 Å². The molecule has 1 aromatic rings. The van der Waals surface area contributed by atoms with Gasteiger partial charge in [-0.3, -0.25) is 0 Å². The largest absolute Gasteiger partial charge is 0.463 e. The first-order valence-electron chi connectivity index (χ1n) is 5.05. The van der Waals surface area contributed by atoms with E-state index in [9.17, 15) is 15.0 Å². The molecule has 2 N–H and O–H groups in total. The summed E-state index contributed by atoms with van der Waals surface area (Å²) < 4.78 is 5.99. The van der Waals surface area contributed by atoms with Gasteiger partial charge in [0.25, 0.3) is 0 Å². The van der Waals surface area contributed by atoms with Crippen LogP contribution in [0.1, 0.15) is 28.8 Å². The molecule has 0 spiro atoms. The zero-order valence-electron chi connectivity index (χ0n) is 9.63. The van der Waals surface area contributed by atoms with Crippen LogP contribution >= 0.6 is 15.9 Å². The average Bonchev–Trinajstić information content (AvgIpc) is 2.69. The Kier molecular flexibility index (Phi) is 5.10. The number of methoxy groups -OCH3 is 1. The molecule has 0 amide bonds. The van der Waals surface area contributed by atoms with Crippen LogP contribution in [0.5, 0.6) is 0 Å². The Morgan fingerprint density at radius 2 is 2.29 bits per heavy atom. The van der Waals surface area contributed by atoms with Gasteiger partial charge < -0.3 is 19.5 Å². The summed E-state index contributed by atoms with van der Waals surface area (Å²) >= 11 is 3.17. The van der Waals surface area contributed by atoms with Crippen molar-refractivity contribution in [3.05, 3.63) is 17.7 Å². The number of halogens is 1. The monoisotopic (exact) mass is 306 g/mol. The van der Waals surface area contributed by atoms with Crippen LogP contribution in [0, 0.1) is 0 Å². The molecule has 7 heteroatoms. The second-order valence-corrected chi connectivity index (χ2v) is 4.37. The van der Waals surface area contributed by atoms with E-state index in [1.807, 2.05) is 0 Å². The minimum atomic E-state index is -1.11. The number of hydrogen-bond donors (Lipinski definition) is 2. The van der Waals surface area contributed by atoms with Crippen LogP contribution in [0.25, 0.3) is 0 Å². The van der Waals surface area contributed by atoms with Gasteiger partial charge in [-0.05, 0) is 6.42 Å². The fourth-order valence-electron chi connectivity index (χ4n) is 1.38. The first-order chi connectivity index (χ1) is 8.01. The van der Waals surface area contributed by atoms with Crippen molar-refractivity contribution in [3.8, 4) is 0 Å². The molecule has 0 aliphatic heterocycles. The molecule has 0 aliphatic rings. The highest BCUT2D eigenvalue weighted by Gasteiger charge is 2.23. The van der Waals surface area contributed by atoms with Crippen molar-refractivity contribution in [2.75, 3.05) is 12.4 Å². The van der Waals surface area contributed by atoms with E-state index in [1.54, 1.807) is 7.05 Å². The lowest BCUT2D eigenvalue weighted by molar-refractivity contribution is 0.0149. The van der Waals surface area contributed by atoms with Gasteiger partial charge in [0.2, 0.25) is 5.82 Å². The number of aliphatic hydroxyl groups excluding tert-OH is 2. The molecule has 0 fully saturated rings. The molecule has 6 nitrogen and oxygen atoms in total.